The largest absolute Gasteiger partial charge is 0.405 e. The van der Waals surface area contributed by atoms with E-state index in [4.69, 9.17) is 0 Å². The molecule has 0 unspecified atom stereocenters. The highest BCUT2D eigenvalue weighted by Crippen LogP contribution is 2.19. The fourth-order valence-electron chi connectivity index (χ4n) is 1.30. The van der Waals surface area contributed by atoms with Crippen molar-refractivity contribution < 1.29 is 13.2 Å². The fraction of sp³-hybridized carbons (Fsp3) is 0.556. The molecule has 7 heteroatoms. The lowest BCUT2D eigenvalue weighted by molar-refractivity contribution is -0.119. The summed E-state index contributed by atoms with van der Waals surface area (Å²) in [7, 11) is 0. The van der Waals surface area contributed by atoms with Gasteiger partial charge in [0, 0.05) is 12.6 Å². The summed E-state index contributed by atoms with van der Waals surface area (Å²) in [5, 5.41) is 0. The van der Waals surface area contributed by atoms with E-state index < -0.39 is 18.3 Å². The Kier molecular flexibility index (Phi) is 3.56. The average Bonchev–Trinajstić information content (AvgIpc) is 2.11. The molecule has 1 aromatic rings. The first-order valence-electron chi connectivity index (χ1n) is 4.71. The minimum atomic E-state index is -4.31. The molecule has 0 saturated carbocycles. The summed E-state index contributed by atoms with van der Waals surface area (Å²) < 4.78 is 36.7. The van der Waals surface area contributed by atoms with Gasteiger partial charge in [0.05, 0.1) is 0 Å². The number of nitrogens with zero attached hydrogens (tertiary/aromatic N) is 2. The molecule has 0 amide bonds. The lowest BCUT2D eigenvalue weighted by Crippen LogP contribution is -2.35. The Hall–Kier alpha value is -1.53. The first-order chi connectivity index (χ1) is 7.31. The molecular weight excluding hydrogens is 223 g/mol. The van der Waals surface area contributed by atoms with Crippen LogP contribution in [0.1, 0.15) is 12.7 Å². The number of aryl methyl sites for hydroxylation is 1. The molecular formula is C9H12F3N3O. The van der Waals surface area contributed by atoms with Gasteiger partial charge in [-0.25, -0.2) is 4.98 Å². The Labute approximate surface area is 90.1 Å². The van der Waals surface area contributed by atoms with Crippen molar-refractivity contribution in [2.45, 2.75) is 20.0 Å². The normalized spacial score (nSPS) is 11.6. The second kappa shape index (κ2) is 4.54. The summed E-state index contributed by atoms with van der Waals surface area (Å²) in [5.74, 6) is 0.337. The zero-order valence-corrected chi connectivity index (χ0v) is 8.93. The predicted octanol–water partition coefficient (Wildman–Crippen LogP) is 1.47. The highest BCUT2D eigenvalue weighted by molar-refractivity contribution is 5.37. The number of hydrogen-bond donors (Lipinski definition) is 1. The second-order valence-corrected chi connectivity index (χ2v) is 3.32. The highest BCUT2D eigenvalue weighted by atomic mass is 19.4. The molecule has 1 heterocycles. The third-order valence-electron chi connectivity index (χ3n) is 1.92. The molecule has 0 atom stereocenters. The predicted molar refractivity (Wildman–Crippen MR) is 53.5 cm³/mol. The topological polar surface area (TPSA) is 49.0 Å². The van der Waals surface area contributed by atoms with E-state index in [9.17, 15) is 18.0 Å². The number of nitrogens with one attached hydrogen (secondary N) is 1. The Bertz CT molecular complexity index is 413. The van der Waals surface area contributed by atoms with Crippen LogP contribution in [0.25, 0.3) is 0 Å². The van der Waals surface area contributed by atoms with Gasteiger partial charge in [-0.2, -0.15) is 13.2 Å². The summed E-state index contributed by atoms with van der Waals surface area (Å²) in [6.07, 6.45) is -4.31. The molecule has 1 aromatic heterocycles. The molecule has 0 aliphatic rings. The third-order valence-corrected chi connectivity index (χ3v) is 1.92. The van der Waals surface area contributed by atoms with Crippen LogP contribution in [0.5, 0.6) is 0 Å². The number of H-pyrrole nitrogens is 1. The maximum atomic E-state index is 12.2. The van der Waals surface area contributed by atoms with Crippen molar-refractivity contribution >= 4 is 5.82 Å². The van der Waals surface area contributed by atoms with Crippen molar-refractivity contribution in [3.63, 3.8) is 0 Å². The van der Waals surface area contributed by atoms with Crippen LogP contribution in [0, 0.1) is 6.92 Å². The molecule has 4 nitrogen and oxygen atoms in total. The van der Waals surface area contributed by atoms with Crippen LogP contribution in [0.2, 0.25) is 0 Å². The highest BCUT2D eigenvalue weighted by Gasteiger charge is 2.30. The van der Waals surface area contributed by atoms with Crippen LogP contribution in [-0.4, -0.2) is 29.2 Å². The van der Waals surface area contributed by atoms with Gasteiger partial charge in [-0.15, -0.1) is 0 Å². The van der Waals surface area contributed by atoms with Crippen molar-refractivity contribution in [2.75, 3.05) is 18.0 Å². The lowest BCUT2D eigenvalue weighted by atomic mass is 10.4. The molecule has 1 rings (SSSR count). The van der Waals surface area contributed by atoms with Crippen molar-refractivity contribution in [3.8, 4) is 0 Å². The van der Waals surface area contributed by atoms with Gasteiger partial charge in [0.25, 0.3) is 5.56 Å². The molecule has 16 heavy (non-hydrogen) atoms. The number of aromatic amines is 1. The van der Waals surface area contributed by atoms with Gasteiger partial charge in [0.15, 0.2) is 0 Å². The van der Waals surface area contributed by atoms with Crippen LogP contribution in [0.4, 0.5) is 19.0 Å². The molecule has 90 valence electrons. The summed E-state index contributed by atoms with van der Waals surface area (Å²) in [5.41, 5.74) is -0.455. The number of alkyl halides is 3. The minimum Gasteiger partial charge on any atom is -0.348 e. The van der Waals surface area contributed by atoms with E-state index in [2.05, 4.69) is 9.97 Å². The molecule has 0 bridgehead atoms. The van der Waals surface area contributed by atoms with Gasteiger partial charge in [0.1, 0.15) is 18.2 Å². The molecule has 0 aliphatic heterocycles. The maximum Gasteiger partial charge on any atom is 0.405 e. The molecule has 0 saturated heterocycles. The van der Waals surface area contributed by atoms with E-state index in [0.29, 0.717) is 5.82 Å². The second-order valence-electron chi connectivity index (χ2n) is 3.32. The molecule has 0 aromatic carbocycles. The number of halogens is 3. The van der Waals surface area contributed by atoms with Gasteiger partial charge in [-0.05, 0) is 13.8 Å². The first kappa shape index (κ1) is 12.5. The molecule has 0 aliphatic carbocycles. The van der Waals surface area contributed by atoms with Gasteiger partial charge in [-0.3, -0.25) is 4.79 Å². The summed E-state index contributed by atoms with van der Waals surface area (Å²) in [6.45, 7) is 2.12. The summed E-state index contributed by atoms with van der Waals surface area (Å²) >= 11 is 0. The van der Waals surface area contributed by atoms with E-state index in [0.717, 1.165) is 11.0 Å². The maximum absolute atomic E-state index is 12.2. The Balaban J connectivity index is 2.99. The number of hydrogen-bond acceptors (Lipinski definition) is 3. The first-order valence-corrected chi connectivity index (χ1v) is 4.71. The van der Waals surface area contributed by atoms with Crippen molar-refractivity contribution in [2.24, 2.45) is 0 Å². The SMILES string of the molecule is CCN(CC(F)(F)F)c1cc(=O)[nH]c(C)n1. The van der Waals surface area contributed by atoms with Gasteiger partial charge in [0.2, 0.25) is 0 Å². The van der Waals surface area contributed by atoms with E-state index in [1.807, 2.05) is 0 Å². The molecule has 0 spiro atoms. The van der Waals surface area contributed by atoms with Crippen LogP contribution in [0.3, 0.4) is 0 Å². The van der Waals surface area contributed by atoms with E-state index in [-0.39, 0.29) is 12.4 Å². The third kappa shape index (κ3) is 3.56. The lowest BCUT2D eigenvalue weighted by Gasteiger charge is -2.23. The van der Waals surface area contributed by atoms with Gasteiger partial charge in [-0.1, -0.05) is 0 Å². The smallest absolute Gasteiger partial charge is 0.348 e. The van der Waals surface area contributed by atoms with Crippen LogP contribution >= 0.6 is 0 Å². The van der Waals surface area contributed by atoms with Crippen LogP contribution < -0.4 is 10.5 Å². The zero-order chi connectivity index (χ0) is 12.3. The minimum absolute atomic E-state index is 0.0427. The van der Waals surface area contributed by atoms with Crippen LogP contribution in [-0.2, 0) is 0 Å². The van der Waals surface area contributed by atoms with Crippen molar-refractivity contribution in [1.82, 2.24) is 9.97 Å². The monoisotopic (exact) mass is 235 g/mol. The average molecular weight is 235 g/mol. The Morgan fingerprint density at radius 2 is 2.12 bits per heavy atom. The van der Waals surface area contributed by atoms with E-state index >= 15 is 0 Å². The number of rotatable bonds is 3. The standard InChI is InChI=1S/C9H12F3N3O/c1-3-15(5-9(10,11)12)7-4-8(16)14-6(2)13-7/h4H,3,5H2,1-2H3,(H,13,14,16). The summed E-state index contributed by atoms with van der Waals surface area (Å²) in [4.78, 5) is 18.3. The van der Waals surface area contributed by atoms with E-state index in [1.54, 1.807) is 6.92 Å². The fourth-order valence-corrected chi connectivity index (χ4v) is 1.30. The quantitative estimate of drug-likeness (QED) is 0.863. The molecule has 0 fully saturated rings. The number of anilines is 1. The number of aromatic nitrogens is 2. The van der Waals surface area contributed by atoms with Gasteiger partial charge >= 0.3 is 6.18 Å². The van der Waals surface area contributed by atoms with Crippen LogP contribution in [0.15, 0.2) is 10.9 Å². The Morgan fingerprint density at radius 3 is 2.56 bits per heavy atom. The van der Waals surface area contributed by atoms with Crippen molar-refractivity contribution in [3.05, 3.63) is 22.2 Å². The summed E-state index contributed by atoms with van der Waals surface area (Å²) in [6, 6.07) is 1.06. The zero-order valence-electron chi connectivity index (χ0n) is 8.93. The van der Waals surface area contributed by atoms with Crippen molar-refractivity contribution in [1.29, 1.82) is 0 Å². The molecule has 1 N–H and O–H groups in total. The molecule has 0 radical (unpaired) electrons. The van der Waals surface area contributed by atoms with Gasteiger partial charge < -0.3 is 9.88 Å². The Morgan fingerprint density at radius 1 is 1.50 bits per heavy atom. The van der Waals surface area contributed by atoms with E-state index in [1.165, 1.54) is 6.92 Å².